The second-order valence-electron chi connectivity index (χ2n) is 6.40. The van der Waals surface area contributed by atoms with Gasteiger partial charge in [0.25, 0.3) is 5.91 Å². The minimum Gasteiger partial charge on any atom is -0.335 e. The van der Waals surface area contributed by atoms with E-state index in [-0.39, 0.29) is 29.9 Å². The number of ketones is 1. The third-order valence-electron chi connectivity index (χ3n) is 3.64. The molecule has 0 aliphatic carbocycles. The molecule has 1 aromatic carbocycles. The Balaban J connectivity index is 2.08. The lowest BCUT2D eigenvalue weighted by Crippen LogP contribution is -2.42. The monoisotopic (exact) mass is 356 g/mol. The van der Waals surface area contributed by atoms with Crippen LogP contribution in [0.25, 0.3) is 0 Å². The molecule has 0 atom stereocenters. The van der Waals surface area contributed by atoms with Gasteiger partial charge in [0.15, 0.2) is 0 Å². The van der Waals surface area contributed by atoms with Gasteiger partial charge < -0.3 is 5.32 Å². The summed E-state index contributed by atoms with van der Waals surface area (Å²) in [5.41, 5.74) is -0.168. The molecule has 0 spiro atoms. The third kappa shape index (κ3) is 5.21. The molecule has 0 saturated heterocycles. The molecule has 2 aromatic rings. The smallest absolute Gasteiger partial charge is 0.271 e. The van der Waals surface area contributed by atoms with Crippen molar-refractivity contribution in [1.29, 1.82) is 0 Å². The van der Waals surface area contributed by atoms with E-state index in [2.05, 4.69) is 16.2 Å². The van der Waals surface area contributed by atoms with Gasteiger partial charge in [-0.05, 0) is 55.3 Å². The van der Waals surface area contributed by atoms with Gasteiger partial charge in [0, 0.05) is 19.0 Å². The maximum Gasteiger partial charge on any atom is 0.271 e. The van der Waals surface area contributed by atoms with Crippen LogP contribution in [0, 0.1) is 24.0 Å². The van der Waals surface area contributed by atoms with Gasteiger partial charge in [0.1, 0.15) is 23.1 Å². The summed E-state index contributed by atoms with van der Waals surface area (Å²) < 4.78 is 26.8. The number of Topliss-reactive ketones (excluding diaryl/α,β-unsaturated/α-hetero) is 1. The van der Waals surface area contributed by atoms with Crippen LogP contribution in [0.5, 0.6) is 0 Å². The summed E-state index contributed by atoms with van der Waals surface area (Å²) in [5, 5.41) is 2.64. The van der Waals surface area contributed by atoms with Crippen LogP contribution in [-0.2, 0) is 17.6 Å². The molecule has 1 N–H and O–H groups in total. The van der Waals surface area contributed by atoms with Gasteiger partial charge in [-0.2, -0.15) is 0 Å². The zero-order valence-corrected chi connectivity index (χ0v) is 14.5. The van der Waals surface area contributed by atoms with E-state index in [1.165, 1.54) is 12.3 Å². The summed E-state index contributed by atoms with van der Waals surface area (Å²) in [7, 11) is 0. The van der Waals surface area contributed by atoms with Gasteiger partial charge in [-0.25, -0.2) is 8.78 Å². The van der Waals surface area contributed by atoms with E-state index in [4.69, 9.17) is 6.42 Å². The number of pyridine rings is 1. The van der Waals surface area contributed by atoms with Gasteiger partial charge in [-0.15, -0.1) is 6.42 Å². The minimum absolute atomic E-state index is 0.00204. The van der Waals surface area contributed by atoms with Crippen molar-refractivity contribution in [3.8, 4) is 12.3 Å². The fraction of sp³-hybridized carbons (Fsp3) is 0.250. The number of hydrogen-bond acceptors (Lipinski definition) is 3. The number of aromatic nitrogens is 1. The number of terminal acetylenes is 1. The zero-order chi connectivity index (χ0) is 19.3. The van der Waals surface area contributed by atoms with E-state index in [1.54, 1.807) is 19.9 Å². The SMILES string of the molecule is C#CC(C)(C)NC(=O)c1cc(CC(=O)Cc2cc(F)ccc2F)ccn1. The fourth-order valence-corrected chi connectivity index (χ4v) is 2.27. The lowest BCUT2D eigenvalue weighted by molar-refractivity contribution is -0.117. The van der Waals surface area contributed by atoms with Crippen LogP contribution in [0.3, 0.4) is 0 Å². The number of nitrogens with one attached hydrogen (secondary N) is 1. The van der Waals surface area contributed by atoms with Gasteiger partial charge in [0.2, 0.25) is 0 Å². The summed E-state index contributed by atoms with van der Waals surface area (Å²) in [6, 6.07) is 6.04. The number of carbonyl (C=O) groups is 2. The number of halogens is 2. The molecular weight excluding hydrogens is 338 g/mol. The lowest BCUT2D eigenvalue weighted by Gasteiger charge is -2.19. The van der Waals surface area contributed by atoms with Crippen molar-refractivity contribution in [1.82, 2.24) is 10.3 Å². The Kier molecular flexibility index (Phi) is 5.83. The zero-order valence-electron chi connectivity index (χ0n) is 14.5. The number of benzene rings is 1. The van der Waals surface area contributed by atoms with Crippen LogP contribution in [0.4, 0.5) is 8.78 Å². The van der Waals surface area contributed by atoms with Crippen LogP contribution >= 0.6 is 0 Å². The highest BCUT2D eigenvalue weighted by Crippen LogP contribution is 2.13. The van der Waals surface area contributed by atoms with Crippen molar-refractivity contribution in [2.24, 2.45) is 0 Å². The van der Waals surface area contributed by atoms with Crippen LogP contribution in [-0.4, -0.2) is 22.2 Å². The molecule has 1 heterocycles. The van der Waals surface area contributed by atoms with E-state index in [0.29, 0.717) is 5.56 Å². The predicted octanol–water partition coefficient (Wildman–Crippen LogP) is 2.86. The van der Waals surface area contributed by atoms with Gasteiger partial charge in [-0.1, -0.05) is 5.92 Å². The van der Waals surface area contributed by atoms with E-state index in [0.717, 1.165) is 18.2 Å². The third-order valence-corrected chi connectivity index (χ3v) is 3.64. The highest BCUT2D eigenvalue weighted by Gasteiger charge is 2.19. The first-order chi connectivity index (χ1) is 12.2. The number of amides is 1. The summed E-state index contributed by atoms with van der Waals surface area (Å²) in [5.74, 6) is 0.440. The van der Waals surface area contributed by atoms with Gasteiger partial charge in [0.05, 0.1) is 5.54 Å². The van der Waals surface area contributed by atoms with Crippen molar-refractivity contribution in [2.75, 3.05) is 0 Å². The molecule has 4 nitrogen and oxygen atoms in total. The van der Waals surface area contributed by atoms with Crippen LogP contribution in [0.15, 0.2) is 36.5 Å². The molecule has 26 heavy (non-hydrogen) atoms. The molecular formula is C20H18F2N2O2. The van der Waals surface area contributed by atoms with E-state index in [9.17, 15) is 18.4 Å². The Morgan fingerprint density at radius 2 is 1.92 bits per heavy atom. The molecule has 0 aliphatic heterocycles. The summed E-state index contributed by atoms with van der Waals surface area (Å²) in [6.07, 6.45) is 6.47. The van der Waals surface area contributed by atoms with Crippen molar-refractivity contribution in [2.45, 2.75) is 32.2 Å². The number of nitrogens with zero attached hydrogens (tertiary/aromatic N) is 1. The van der Waals surface area contributed by atoms with Gasteiger partial charge >= 0.3 is 0 Å². The largest absolute Gasteiger partial charge is 0.335 e. The number of rotatable bonds is 6. The second-order valence-corrected chi connectivity index (χ2v) is 6.40. The topological polar surface area (TPSA) is 59.1 Å². The van der Waals surface area contributed by atoms with Crippen LogP contribution in [0.1, 0.15) is 35.5 Å². The Morgan fingerprint density at radius 3 is 2.62 bits per heavy atom. The Labute approximate surface area is 150 Å². The van der Waals surface area contributed by atoms with Crippen LogP contribution in [0.2, 0.25) is 0 Å². The van der Waals surface area contributed by atoms with E-state index >= 15 is 0 Å². The quantitative estimate of drug-likeness (QED) is 0.810. The summed E-state index contributed by atoms with van der Waals surface area (Å²) in [6.45, 7) is 3.34. The summed E-state index contributed by atoms with van der Waals surface area (Å²) in [4.78, 5) is 28.3. The van der Waals surface area contributed by atoms with Crippen LogP contribution < -0.4 is 5.32 Å². The molecule has 2 rings (SSSR count). The Hall–Kier alpha value is -3.07. The fourth-order valence-electron chi connectivity index (χ4n) is 2.27. The molecule has 0 radical (unpaired) electrons. The maximum atomic E-state index is 13.6. The number of carbonyl (C=O) groups excluding carboxylic acids is 2. The average molecular weight is 356 g/mol. The van der Waals surface area contributed by atoms with E-state index < -0.39 is 23.1 Å². The molecule has 0 fully saturated rings. The molecule has 1 aromatic heterocycles. The molecule has 0 saturated carbocycles. The molecule has 134 valence electrons. The highest BCUT2D eigenvalue weighted by atomic mass is 19.1. The standard InChI is InChI=1S/C20H18F2N2O2/c1-4-20(2,3)24-19(26)18-10-13(7-8-23-18)9-16(25)12-14-11-15(21)5-6-17(14)22/h1,5-8,10-11H,9,12H2,2-3H3,(H,24,26). The van der Waals surface area contributed by atoms with E-state index in [1.807, 2.05) is 0 Å². The van der Waals surface area contributed by atoms with Crippen molar-refractivity contribution >= 4 is 11.7 Å². The Bertz CT molecular complexity index is 886. The molecule has 6 heteroatoms. The lowest BCUT2D eigenvalue weighted by atomic mass is 10.0. The molecule has 1 amide bonds. The maximum absolute atomic E-state index is 13.6. The first kappa shape index (κ1) is 19.3. The number of hydrogen-bond donors (Lipinski definition) is 1. The van der Waals surface area contributed by atoms with Crippen molar-refractivity contribution < 1.29 is 18.4 Å². The first-order valence-electron chi connectivity index (χ1n) is 7.91. The summed E-state index contributed by atoms with van der Waals surface area (Å²) >= 11 is 0. The molecule has 0 unspecified atom stereocenters. The minimum atomic E-state index is -0.834. The van der Waals surface area contributed by atoms with Crippen molar-refractivity contribution in [3.63, 3.8) is 0 Å². The highest BCUT2D eigenvalue weighted by molar-refractivity contribution is 5.93. The molecule has 0 aliphatic rings. The first-order valence-corrected chi connectivity index (χ1v) is 7.91. The predicted molar refractivity (Wildman–Crippen MR) is 93.4 cm³/mol. The average Bonchev–Trinajstić information content (AvgIpc) is 2.58. The van der Waals surface area contributed by atoms with Crippen molar-refractivity contribution in [3.05, 3.63) is 65.0 Å². The normalized spacial score (nSPS) is 10.9. The molecule has 0 bridgehead atoms. The second kappa shape index (κ2) is 7.87. The van der Waals surface area contributed by atoms with Gasteiger partial charge in [-0.3, -0.25) is 14.6 Å². The Morgan fingerprint density at radius 1 is 1.19 bits per heavy atom.